The van der Waals surface area contributed by atoms with Crippen molar-refractivity contribution in [1.82, 2.24) is 15.2 Å². The SMILES string of the molecule is O=C(Cc1nccs1)N1CCNCC1. The quantitative estimate of drug-likeness (QED) is 0.755. The average Bonchev–Trinajstić information content (AvgIpc) is 2.72. The zero-order valence-corrected chi connectivity index (χ0v) is 8.72. The average molecular weight is 211 g/mol. The van der Waals surface area contributed by atoms with Gasteiger partial charge in [-0.2, -0.15) is 0 Å². The number of rotatable bonds is 2. The number of carbonyl (C=O) groups excluding carboxylic acids is 1. The van der Waals surface area contributed by atoms with Crippen molar-refractivity contribution in [2.75, 3.05) is 26.2 Å². The first kappa shape index (κ1) is 9.61. The van der Waals surface area contributed by atoms with Gasteiger partial charge < -0.3 is 10.2 Å². The molecular formula is C9H13N3OS. The van der Waals surface area contributed by atoms with Crippen molar-refractivity contribution >= 4 is 17.2 Å². The summed E-state index contributed by atoms with van der Waals surface area (Å²) in [4.78, 5) is 17.7. The molecule has 0 radical (unpaired) electrons. The summed E-state index contributed by atoms with van der Waals surface area (Å²) in [6.45, 7) is 3.46. The predicted octanol–water partition coefficient (Wildman–Crippen LogP) is 0.117. The highest BCUT2D eigenvalue weighted by molar-refractivity contribution is 7.09. The maximum absolute atomic E-state index is 11.7. The van der Waals surface area contributed by atoms with Gasteiger partial charge in [-0.05, 0) is 0 Å². The highest BCUT2D eigenvalue weighted by Gasteiger charge is 2.16. The zero-order chi connectivity index (χ0) is 9.80. The Balaban J connectivity index is 1.88. The predicted molar refractivity (Wildman–Crippen MR) is 55.3 cm³/mol. The van der Waals surface area contributed by atoms with Gasteiger partial charge in [0.25, 0.3) is 0 Å². The fraction of sp³-hybridized carbons (Fsp3) is 0.556. The Hall–Kier alpha value is -0.940. The molecule has 1 aliphatic rings. The van der Waals surface area contributed by atoms with Crippen molar-refractivity contribution in [2.24, 2.45) is 0 Å². The van der Waals surface area contributed by atoms with Crippen LogP contribution in [0.1, 0.15) is 5.01 Å². The number of piperazine rings is 1. The number of nitrogens with zero attached hydrogens (tertiary/aromatic N) is 2. The molecule has 4 nitrogen and oxygen atoms in total. The second-order valence-corrected chi connectivity index (χ2v) is 4.21. The van der Waals surface area contributed by atoms with Crippen LogP contribution in [-0.4, -0.2) is 42.0 Å². The van der Waals surface area contributed by atoms with Gasteiger partial charge in [0.05, 0.1) is 6.42 Å². The molecule has 0 aliphatic carbocycles. The van der Waals surface area contributed by atoms with E-state index in [9.17, 15) is 4.79 Å². The first-order valence-corrected chi connectivity index (χ1v) is 5.61. The molecule has 14 heavy (non-hydrogen) atoms. The molecule has 76 valence electrons. The minimum atomic E-state index is 0.196. The van der Waals surface area contributed by atoms with Crippen LogP contribution in [0.4, 0.5) is 0 Å². The third-order valence-corrected chi connectivity index (χ3v) is 3.04. The molecule has 0 spiro atoms. The van der Waals surface area contributed by atoms with Gasteiger partial charge in [0, 0.05) is 37.8 Å². The van der Waals surface area contributed by atoms with E-state index in [4.69, 9.17) is 0 Å². The molecule has 1 N–H and O–H groups in total. The number of thiazole rings is 1. The molecule has 0 aromatic carbocycles. The molecule has 1 amide bonds. The van der Waals surface area contributed by atoms with Gasteiger partial charge in [0.2, 0.25) is 5.91 Å². The topological polar surface area (TPSA) is 45.2 Å². The smallest absolute Gasteiger partial charge is 0.229 e. The lowest BCUT2D eigenvalue weighted by molar-refractivity contribution is -0.131. The third-order valence-electron chi connectivity index (χ3n) is 2.26. The molecule has 1 fully saturated rings. The zero-order valence-electron chi connectivity index (χ0n) is 7.90. The van der Waals surface area contributed by atoms with E-state index in [1.54, 1.807) is 17.5 Å². The molecule has 1 saturated heterocycles. The Bertz CT molecular complexity index is 293. The minimum absolute atomic E-state index is 0.196. The molecule has 1 aromatic rings. The van der Waals surface area contributed by atoms with E-state index in [-0.39, 0.29) is 5.91 Å². The second kappa shape index (κ2) is 4.52. The Morgan fingerprint density at radius 1 is 1.57 bits per heavy atom. The molecule has 0 atom stereocenters. The number of carbonyl (C=O) groups is 1. The van der Waals surface area contributed by atoms with Crippen LogP contribution < -0.4 is 5.32 Å². The van der Waals surface area contributed by atoms with E-state index in [0.717, 1.165) is 31.2 Å². The summed E-state index contributed by atoms with van der Waals surface area (Å²) in [7, 11) is 0. The fourth-order valence-corrected chi connectivity index (χ4v) is 2.10. The summed E-state index contributed by atoms with van der Waals surface area (Å²) in [5.74, 6) is 0.196. The summed E-state index contributed by atoms with van der Waals surface area (Å²) < 4.78 is 0. The maximum atomic E-state index is 11.7. The van der Waals surface area contributed by atoms with Gasteiger partial charge in [0.15, 0.2) is 0 Å². The van der Waals surface area contributed by atoms with Crippen molar-refractivity contribution in [1.29, 1.82) is 0 Å². The summed E-state index contributed by atoms with van der Waals surface area (Å²) >= 11 is 1.54. The standard InChI is InChI=1S/C9H13N3OS/c13-9(7-8-11-3-6-14-8)12-4-1-10-2-5-12/h3,6,10H,1-2,4-5,7H2. The Morgan fingerprint density at radius 3 is 3.00 bits per heavy atom. The Kier molecular flexibility index (Phi) is 3.10. The lowest BCUT2D eigenvalue weighted by atomic mass is 10.3. The van der Waals surface area contributed by atoms with E-state index in [0.29, 0.717) is 6.42 Å². The first-order chi connectivity index (χ1) is 6.86. The molecular weight excluding hydrogens is 198 g/mol. The third kappa shape index (κ3) is 2.30. The number of hydrogen-bond donors (Lipinski definition) is 1. The van der Waals surface area contributed by atoms with E-state index in [2.05, 4.69) is 10.3 Å². The number of aromatic nitrogens is 1. The molecule has 1 aliphatic heterocycles. The monoisotopic (exact) mass is 211 g/mol. The molecule has 2 rings (SSSR count). The van der Waals surface area contributed by atoms with E-state index < -0.39 is 0 Å². The van der Waals surface area contributed by atoms with Gasteiger partial charge in [-0.3, -0.25) is 4.79 Å². The van der Waals surface area contributed by atoms with Crippen LogP contribution in [0, 0.1) is 0 Å². The van der Waals surface area contributed by atoms with E-state index in [1.165, 1.54) is 0 Å². The molecule has 5 heteroatoms. The summed E-state index contributed by atoms with van der Waals surface area (Å²) in [6, 6.07) is 0. The van der Waals surface area contributed by atoms with Gasteiger partial charge in [-0.15, -0.1) is 11.3 Å². The van der Waals surface area contributed by atoms with Crippen LogP contribution in [0.3, 0.4) is 0 Å². The fourth-order valence-electron chi connectivity index (χ4n) is 1.50. The highest BCUT2D eigenvalue weighted by Crippen LogP contribution is 2.07. The largest absolute Gasteiger partial charge is 0.340 e. The number of hydrogen-bond acceptors (Lipinski definition) is 4. The number of nitrogens with one attached hydrogen (secondary N) is 1. The molecule has 0 bridgehead atoms. The minimum Gasteiger partial charge on any atom is -0.340 e. The molecule has 1 aromatic heterocycles. The van der Waals surface area contributed by atoms with Crippen LogP contribution in [-0.2, 0) is 11.2 Å². The van der Waals surface area contributed by atoms with Crippen LogP contribution in [0.25, 0.3) is 0 Å². The van der Waals surface area contributed by atoms with Crippen molar-refractivity contribution < 1.29 is 4.79 Å². The first-order valence-electron chi connectivity index (χ1n) is 4.73. The summed E-state index contributed by atoms with van der Waals surface area (Å²) in [5, 5.41) is 6.04. The van der Waals surface area contributed by atoms with Crippen molar-refractivity contribution in [2.45, 2.75) is 6.42 Å². The van der Waals surface area contributed by atoms with Crippen LogP contribution >= 0.6 is 11.3 Å². The molecule has 0 saturated carbocycles. The summed E-state index contributed by atoms with van der Waals surface area (Å²) in [6.07, 6.45) is 2.20. The molecule has 0 unspecified atom stereocenters. The van der Waals surface area contributed by atoms with Gasteiger partial charge in [-0.25, -0.2) is 4.98 Å². The van der Waals surface area contributed by atoms with Gasteiger partial charge in [-0.1, -0.05) is 0 Å². The lowest BCUT2D eigenvalue weighted by Gasteiger charge is -2.27. The Morgan fingerprint density at radius 2 is 2.36 bits per heavy atom. The van der Waals surface area contributed by atoms with Crippen LogP contribution in [0.15, 0.2) is 11.6 Å². The van der Waals surface area contributed by atoms with Crippen molar-refractivity contribution in [3.63, 3.8) is 0 Å². The Labute approximate surface area is 86.9 Å². The number of amides is 1. The van der Waals surface area contributed by atoms with Crippen LogP contribution in [0.2, 0.25) is 0 Å². The highest BCUT2D eigenvalue weighted by atomic mass is 32.1. The summed E-state index contributed by atoms with van der Waals surface area (Å²) in [5.41, 5.74) is 0. The lowest BCUT2D eigenvalue weighted by Crippen LogP contribution is -2.46. The molecule has 2 heterocycles. The van der Waals surface area contributed by atoms with Crippen molar-refractivity contribution in [3.8, 4) is 0 Å². The van der Waals surface area contributed by atoms with Gasteiger partial charge in [0.1, 0.15) is 5.01 Å². The van der Waals surface area contributed by atoms with E-state index in [1.807, 2.05) is 10.3 Å². The van der Waals surface area contributed by atoms with Crippen LogP contribution in [0.5, 0.6) is 0 Å². The van der Waals surface area contributed by atoms with Crippen molar-refractivity contribution in [3.05, 3.63) is 16.6 Å². The van der Waals surface area contributed by atoms with E-state index >= 15 is 0 Å². The second-order valence-electron chi connectivity index (χ2n) is 3.23. The maximum Gasteiger partial charge on any atom is 0.229 e. The normalized spacial score (nSPS) is 17.0. The van der Waals surface area contributed by atoms with Gasteiger partial charge >= 0.3 is 0 Å².